The van der Waals surface area contributed by atoms with Crippen molar-refractivity contribution in [1.29, 1.82) is 0 Å². The van der Waals surface area contributed by atoms with Crippen LogP contribution in [0.25, 0.3) is 17.6 Å². The molecule has 0 aliphatic heterocycles. The van der Waals surface area contributed by atoms with Gasteiger partial charge in [0.2, 0.25) is 0 Å². The first-order valence-corrected chi connectivity index (χ1v) is 9.82. The average molecular weight is 487 g/mol. The molecule has 3 aromatic rings. The second-order valence-electron chi connectivity index (χ2n) is 7.65. The fourth-order valence-corrected chi connectivity index (χ4v) is 2.96. The van der Waals surface area contributed by atoms with E-state index in [1.54, 1.807) is 27.1 Å². The molecule has 2 heterocycles. The second kappa shape index (κ2) is 9.31. The quantitative estimate of drug-likeness (QED) is 0.285. The van der Waals surface area contributed by atoms with Crippen molar-refractivity contribution in [2.24, 2.45) is 7.05 Å². The third-order valence-electron chi connectivity index (χ3n) is 4.40. The minimum Gasteiger partial charge on any atom is -0.460 e. The number of aryl methyl sites for hydroxylation is 1. The summed E-state index contributed by atoms with van der Waals surface area (Å²) in [6.07, 6.45) is -4.83. The Hall–Kier alpha value is -3.64. The molecule has 0 N–H and O–H groups in total. The number of alkyl halides is 6. The van der Waals surface area contributed by atoms with Crippen molar-refractivity contribution in [2.75, 3.05) is 0 Å². The molecule has 7 nitrogen and oxygen atoms in total. The fraction of sp³-hybridized carbons (Fsp3) is 0.333. The standard InChI is InChI=1S/C21H19F6N5O2/c1-12(2)34-19(33)15(4-13-8-29-31(3)9-13)10-32-11-28-18(30-32)14-5-16(20(22,23)24)7-17(6-14)21(25,26)27/h5-12H,4H2,1-3H3. The molecule has 13 heteroatoms. The van der Waals surface area contributed by atoms with Crippen molar-refractivity contribution in [3.8, 4) is 11.4 Å². The highest BCUT2D eigenvalue weighted by Gasteiger charge is 2.37. The van der Waals surface area contributed by atoms with Gasteiger partial charge in [-0.25, -0.2) is 14.5 Å². The van der Waals surface area contributed by atoms with E-state index < -0.39 is 41.1 Å². The van der Waals surface area contributed by atoms with Crippen LogP contribution in [0.5, 0.6) is 0 Å². The SMILES string of the molecule is CC(C)OC(=O)C(=Cn1cnc(-c2cc(C(F)(F)F)cc(C(F)(F)F)c2)n1)Cc1cnn(C)c1. The summed E-state index contributed by atoms with van der Waals surface area (Å²) in [5.74, 6) is -1.06. The monoisotopic (exact) mass is 487 g/mol. The normalized spacial score (nSPS) is 12.9. The maximum Gasteiger partial charge on any atom is 0.416 e. The molecule has 182 valence electrons. The van der Waals surface area contributed by atoms with E-state index in [0.29, 0.717) is 17.7 Å². The Balaban J connectivity index is 2.00. The number of hydrogen-bond donors (Lipinski definition) is 0. The maximum absolute atomic E-state index is 13.1. The van der Waals surface area contributed by atoms with E-state index in [0.717, 1.165) is 11.0 Å². The first-order valence-electron chi connectivity index (χ1n) is 9.82. The zero-order chi connectivity index (χ0) is 25.3. The van der Waals surface area contributed by atoms with E-state index in [-0.39, 0.29) is 23.9 Å². The highest BCUT2D eigenvalue weighted by molar-refractivity contribution is 5.92. The van der Waals surface area contributed by atoms with Crippen LogP contribution in [0.1, 0.15) is 30.5 Å². The van der Waals surface area contributed by atoms with Crippen molar-refractivity contribution in [3.05, 3.63) is 59.2 Å². The second-order valence-corrected chi connectivity index (χ2v) is 7.65. The van der Waals surface area contributed by atoms with Gasteiger partial charge in [0.15, 0.2) is 5.82 Å². The van der Waals surface area contributed by atoms with Gasteiger partial charge in [-0.15, -0.1) is 5.10 Å². The third kappa shape index (κ3) is 6.23. The molecule has 0 bridgehead atoms. The Kier molecular flexibility index (Phi) is 6.84. The van der Waals surface area contributed by atoms with Crippen molar-refractivity contribution in [1.82, 2.24) is 24.5 Å². The van der Waals surface area contributed by atoms with Gasteiger partial charge in [0.25, 0.3) is 0 Å². The zero-order valence-electron chi connectivity index (χ0n) is 18.1. The number of rotatable bonds is 6. The minimum absolute atomic E-state index is 0.0221. The van der Waals surface area contributed by atoms with E-state index in [1.165, 1.54) is 17.1 Å². The Morgan fingerprint density at radius 1 is 1.09 bits per heavy atom. The lowest BCUT2D eigenvalue weighted by atomic mass is 10.0. The number of hydrogen-bond acceptors (Lipinski definition) is 5. The van der Waals surface area contributed by atoms with Crippen molar-refractivity contribution < 1.29 is 35.9 Å². The van der Waals surface area contributed by atoms with E-state index in [9.17, 15) is 31.1 Å². The minimum atomic E-state index is -5.00. The summed E-state index contributed by atoms with van der Waals surface area (Å²) in [5.41, 5.74) is -2.66. The van der Waals surface area contributed by atoms with Crippen LogP contribution in [0.4, 0.5) is 26.3 Å². The van der Waals surface area contributed by atoms with Gasteiger partial charge in [0, 0.05) is 31.4 Å². The summed E-state index contributed by atoms with van der Waals surface area (Å²) in [6, 6.07) is 1.08. The van der Waals surface area contributed by atoms with Gasteiger partial charge in [0.05, 0.1) is 29.0 Å². The number of carbonyl (C=O) groups is 1. The molecule has 0 saturated carbocycles. The molecule has 0 aliphatic rings. The van der Waals surface area contributed by atoms with Crippen LogP contribution in [0.2, 0.25) is 0 Å². The Morgan fingerprint density at radius 3 is 2.21 bits per heavy atom. The van der Waals surface area contributed by atoms with Crippen LogP contribution in [0, 0.1) is 0 Å². The number of esters is 1. The van der Waals surface area contributed by atoms with Gasteiger partial charge in [-0.2, -0.15) is 31.4 Å². The first-order chi connectivity index (χ1) is 15.7. The molecule has 0 aliphatic carbocycles. The highest BCUT2D eigenvalue weighted by atomic mass is 19.4. The summed E-state index contributed by atoms with van der Waals surface area (Å²) in [4.78, 5) is 16.3. The van der Waals surface area contributed by atoms with Gasteiger partial charge in [-0.05, 0) is 37.6 Å². The predicted molar refractivity (Wildman–Crippen MR) is 108 cm³/mol. The van der Waals surface area contributed by atoms with Gasteiger partial charge in [0.1, 0.15) is 6.33 Å². The van der Waals surface area contributed by atoms with Gasteiger partial charge in [-0.3, -0.25) is 4.68 Å². The number of ether oxygens (including phenoxy) is 1. The molecular formula is C21H19F6N5O2. The lowest BCUT2D eigenvalue weighted by molar-refractivity contribution is -0.144. The molecule has 0 atom stereocenters. The van der Waals surface area contributed by atoms with Crippen LogP contribution < -0.4 is 0 Å². The Bertz CT molecular complexity index is 1170. The Labute approximate surface area is 189 Å². The van der Waals surface area contributed by atoms with Crippen LogP contribution in [-0.2, 0) is 35.4 Å². The molecule has 1 aromatic carbocycles. The summed E-state index contributed by atoms with van der Waals surface area (Å²) in [6.45, 7) is 3.30. The number of carbonyl (C=O) groups excluding carboxylic acids is 1. The lowest BCUT2D eigenvalue weighted by Gasteiger charge is -2.13. The molecule has 0 saturated heterocycles. The lowest BCUT2D eigenvalue weighted by Crippen LogP contribution is -2.15. The molecule has 0 spiro atoms. The molecular weight excluding hydrogens is 468 g/mol. The summed E-state index contributed by atoms with van der Waals surface area (Å²) >= 11 is 0. The van der Waals surface area contributed by atoms with Crippen LogP contribution in [0.15, 0.2) is 42.5 Å². The van der Waals surface area contributed by atoms with Gasteiger partial charge in [-0.1, -0.05) is 0 Å². The molecule has 0 fully saturated rings. The largest absolute Gasteiger partial charge is 0.460 e. The molecule has 0 radical (unpaired) electrons. The van der Waals surface area contributed by atoms with Crippen molar-refractivity contribution >= 4 is 12.2 Å². The number of halogens is 6. The third-order valence-corrected chi connectivity index (χ3v) is 4.40. The van der Waals surface area contributed by atoms with E-state index in [1.807, 2.05) is 0 Å². The average Bonchev–Trinajstić information content (AvgIpc) is 3.34. The van der Waals surface area contributed by atoms with Crippen molar-refractivity contribution in [3.63, 3.8) is 0 Å². The highest BCUT2D eigenvalue weighted by Crippen LogP contribution is 2.38. The molecule has 0 amide bonds. The fourth-order valence-electron chi connectivity index (χ4n) is 2.96. The van der Waals surface area contributed by atoms with Crippen LogP contribution in [-0.4, -0.2) is 36.6 Å². The molecule has 2 aromatic heterocycles. The van der Waals surface area contributed by atoms with Gasteiger partial charge >= 0.3 is 18.3 Å². The van der Waals surface area contributed by atoms with Gasteiger partial charge < -0.3 is 4.74 Å². The summed E-state index contributed by atoms with van der Waals surface area (Å²) in [5, 5.41) is 7.96. The first kappa shape index (κ1) is 25.0. The van der Waals surface area contributed by atoms with E-state index >= 15 is 0 Å². The van der Waals surface area contributed by atoms with Crippen molar-refractivity contribution in [2.45, 2.75) is 38.7 Å². The maximum atomic E-state index is 13.1. The summed E-state index contributed by atoms with van der Waals surface area (Å²) < 4.78 is 86.7. The zero-order valence-corrected chi connectivity index (χ0v) is 18.1. The predicted octanol–water partition coefficient (Wildman–Crippen LogP) is 4.75. The smallest absolute Gasteiger partial charge is 0.416 e. The van der Waals surface area contributed by atoms with Crippen LogP contribution in [0.3, 0.4) is 0 Å². The number of nitrogens with zero attached hydrogens (tertiary/aromatic N) is 5. The van der Waals surface area contributed by atoms with Crippen LogP contribution >= 0.6 is 0 Å². The summed E-state index contributed by atoms with van der Waals surface area (Å²) in [7, 11) is 1.69. The van der Waals surface area contributed by atoms with E-state index in [4.69, 9.17) is 4.74 Å². The Morgan fingerprint density at radius 2 is 1.71 bits per heavy atom. The molecule has 0 unspecified atom stereocenters. The molecule has 3 rings (SSSR count). The number of benzene rings is 1. The topological polar surface area (TPSA) is 74.8 Å². The number of aromatic nitrogens is 5. The molecule has 34 heavy (non-hydrogen) atoms. The van der Waals surface area contributed by atoms with E-state index in [2.05, 4.69) is 15.2 Å².